The molecule has 11 heteroatoms. The Labute approximate surface area is 207 Å². The summed E-state index contributed by atoms with van der Waals surface area (Å²) in [5.41, 5.74) is 2.54. The van der Waals surface area contributed by atoms with Crippen LogP contribution in [0.5, 0.6) is 11.5 Å². The third kappa shape index (κ3) is 3.48. The molecule has 3 aromatic carbocycles. The molecule has 6 nitrogen and oxygen atoms in total. The number of hydrogen-bond acceptors (Lipinski definition) is 4. The topological polar surface area (TPSA) is 49.4 Å². The quantitative estimate of drug-likeness (QED) is 0.173. The fourth-order valence-corrected chi connectivity index (χ4v) is 5.07. The van der Waals surface area contributed by atoms with Gasteiger partial charge in [0.05, 0.1) is 14.2 Å². The van der Waals surface area contributed by atoms with Gasteiger partial charge in [0.1, 0.15) is 18.8 Å². The summed E-state index contributed by atoms with van der Waals surface area (Å²) in [4.78, 5) is 0. The van der Waals surface area contributed by atoms with Crippen molar-refractivity contribution in [3.8, 4) is 28.3 Å². The Morgan fingerprint density at radius 1 is 0.865 bits per heavy atom. The van der Waals surface area contributed by atoms with E-state index in [9.17, 15) is 22.0 Å². The van der Waals surface area contributed by atoms with E-state index in [-0.39, 0.29) is 18.5 Å². The van der Waals surface area contributed by atoms with Gasteiger partial charge in [0.25, 0.3) is 0 Å². The molecule has 1 aliphatic heterocycles. The number of aromatic nitrogens is 3. The lowest BCUT2D eigenvalue weighted by Crippen LogP contribution is -2.51. The zero-order chi connectivity index (χ0) is 26.0. The van der Waals surface area contributed by atoms with Crippen LogP contribution in [0.1, 0.15) is 23.0 Å². The molecule has 0 radical (unpaired) electrons. The number of halogens is 5. The van der Waals surface area contributed by atoms with Crippen molar-refractivity contribution in [2.45, 2.75) is 25.2 Å². The highest BCUT2D eigenvalue weighted by atomic mass is 19.2. The van der Waals surface area contributed by atoms with Crippen LogP contribution in [-0.4, -0.2) is 30.1 Å². The minimum absolute atomic E-state index is 0.0140. The van der Waals surface area contributed by atoms with Crippen LogP contribution in [0.2, 0.25) is 0 Å². The van der Waals surface area contributed by atoms with Crippen molar-refractivity contribution in [2.24, 2.45) is 0 Å². The molecule has 0 fully saturated rings. The van der Waals surface area contributed by atoms with Crippen LogP contribution in [0, 0.1) is 29.1 Å². The highest BCUT2D eigenvalue weighted by molar-refractivity contribution is 5.69. The van der Waals surface area contributed by atoms with E-state index < -0.39 is 40.8 Å². The first-order valence-corrected chi connectivity index (χ1v) is 11.3. The lowest BCUT2D eigenvalue weighted by atomic mass is 9.98. The Balaban J connectivity index is 1.44. The molecular weight excluding hydrogens is 497 g/mol. The Bertz CT molecular complexity index is 1540. The van der Waals surface area contributed by atoms with Crippen molar-refractivity contribution in [2.75, 3.05) is 14.2 Å². The number of ether oxygens (including phenoxy) is 3. The summed E-state index contributed by atoms with van der Waals surface area (Å²) in [6.45, 7) is 0.0140. The normalized spacial score (nSPS) is 17.8. The van der Waals surface area contributed by atoms with Gasteiger partial charge in [0.15, 0.2) is 11.5 Å². The zero-order valence-electron chi connectivity index (χ0n) is 19.6. The monoisotopic (exact) mass is 516 g/mol. The van der Waals surface area contributed by atoms with Crippen LogP contribution in [0.3, 0.4) is 0 Å². The van der Waals surface area contributed by atoms with Crippen LogP contribution in [0.25, 0.3) is 16.8 Å². The lowest BCUT2D eigenvalue weighted by molar-refractivity contribution is -0.739. The standard InChI is InChI=1S/C26H19F5N3O3/c1-35-16-6-5-13(8-17(16)36-2)12-3-4-14-9-18-25(15(14)7-12)33-11-34(32-19(33)10-37-18)26-23(30)21(28)20(27)22(29)24(26)31/h3-8,11,18,25H,9-10H2,1-2H3/q+1/t18-,25+/m0/s1. The van der Waals surface area contributed by atoms with Gasteiger partial charge in [-0.25, -0.2) is 17.7 Å². The molecule has 0 N–H and O–H groups in total. The Morgan fingerprint density at radius 2 is 1.51 bits per heavy atom. The summed E-state index contributed by atoms with van der Waals surface area (Å²) in [5.74, 6) is -8.77. The zero-order valence-corrected chi connectivity index (χ0v) is 19.6. The van der Waals surface area contributed by atoms with Gasteiger partial charge >= 0.3 is 5.82 Å². The number of rotatable bonds is 4. The van der Waals surface area contributed by atoms with Gasteiger partial charge in [-0.1, -0.05) is 22.9 Å². The summed E-state index contributed by atoms with van der Waals surface area (Å²) >= 11 is 0. The molecule has 190 valence electrons. The predicted molar refractivity (Wildman–Crippen MR) is 119 cm³/mol. The van der Waals surface area contributed by atoms with Gasteiger partial charge < -0.3 is 14.2 Å². The van der Waals surface area contributed by atoms with Gasteiger partial charge in [-0.3, -0.25) is 0 Å². The summed E-state index contributed by atoms with van der Waals surface area (Å²) in [5, 5.41) is 4.10. The van der Waals surface area contributed by atoms with Gasteiger partial charge in [0, 0.05) is 11.5 Å². The first-order chi connectivity index (χ1) is 17.8. The van der Waals surface area contributed by atoms with Crippen LogP contribution in [-0.2, 0) is 17.8 Å². The molecule has 1 aromatic heterocycles. The smallest absolute Gasteiger partial charge is 0.304 e. The van der Waals surface area contributed by atoms with E-state index in [0.717, 1.165) is 22.3 Å². The average Bonchev–Trinajstić information content (AvgIpc) is 3.51. The Morgan fingerprint density at radius 3 is 2.22 bits per heavy atom. The first-order valence-electron chi connectivity index (χ1n) is 11.3. The van der Waals surface area contributed by atoms with E-state index in [0.29, 0.717) is 22.6 Å². The van der Waals surface area contributed by atoms with E-state index in [4.69, 9.17) is 14.2 Å². The van der Waals surface area contributed by atoms with Gasteiger partial charge in [-0.15, -0.1) is 0 Å². The van der Waals surface area contributed by atoms with Crippen molar-refractivity contribution < 1.29 is 40.7 Å². The number of hydrogen-bond donors (Lipinski definition) is 0. The van der Waals surface area contributed by atoms with Crippen LogP contribution >= 0.6 is 0 Å². The minimum Gasteiger partial charge on any atom is -0.493 e. The van der Waals surface area contributed by atoms with E-state index >= 15 is 0 Å². The molecule has 0 bridgehead atoms. The third-order valence-electron chi connectivity index (χ3n) is 6.85. The molecule has 2 aliphatic rings. The van der Waals surface area contributed by atoms with E-state index in [1.807, 2.05) is 30.3 Å². The molecule has 6 rings (SSSR count). The number of benzene rings is 3. The largest absolute Gasteiger partial charge is 0.493 e. The van der Waals surface area contributed by atoms with Crippen molar-refractivity contribution in [3.05, 3.63) is 88.8 Å². The molecule has 0 amide bonds. The molecule has 1 aliphatic carbocycles. The molecule has 0 saturated heterocycles. The SMILES string of the molecule is COc1ccc(-c2ccc3c(c2)[C@@H]2[C@H](C3)OCc3nn(-c4c(F)c(F)c(F)c(F)c4F)c[n+]32)cc1OC. The van der Waals surface area contributed by atoms with E-state index in [1.54, 1.807) is 24.9 Å². The first kappa shape index (κ1) is 23.4. The Hall–Kier alpha value is -3.99. The molecule has 0 spiro atoms. The van der Waals surface area contributed by atoms with Gasteiger partial charge in [0.2, 0.25) is 41.1 Å². The second-order valence-corrected chi connectivity index (χ2v) is 8.78. The predicted octanol–water partition coefficient (Wildman–Crippen LogP) is 4.58. The van der Waals surface area contributed by atoms with Crippen molar-refractivity contribution in [1.82, 2.24) is 9.78 Å². The van der Waals surface area contributed by atoms with Crippen LogP contribution < -0.4 is 14.0 Å². The molecule has 37 heavy (non-hydrogen) atoms. The van der Waals surface area contributed by atoms with Gasteiger partial charge in [-0.05, 0) is 40.5 Å². The highest BCUT2D eigenvalue weighted by Gasteiger charge is 2.44. The molecule has 0 saturated carbocycles. The molecule has 2 atom stereocenters. The highest BCUT2D eigenvalue weighted by Crippen LogP contribution is 2.40. The van der Waals surface area contributed by atoms with Crippen LogP contribution in [0.15, 0.2) is 42.7 Å². The molecular formula is C26H19F5N3O3+. The Kier molecular flexibility index (Phi) is 5.41. The lowest BCUT2D eigenvalue weighted by Gasteiger charge is -2.23. The second kappa shape index (κ2) is 8.55. The third-order valence-corrected chi connectivity index (χ3v) is 6.85. The molecule has 0 unspecified atom stereocenters. The number of nitrogens with zero attached hydrogens (tertiary/aromatic N) is 3. The van der Waals surface area contributed by atoms with Gasteiger partial charge in [-0.2, -0.15) is 8.78 Å². The molecule has 2 heterocycles. The summed E-state index contributed by atoms with van der Waals surface area (Å²) < 4.78 is 89.2. The van der Waals surface area contributed by atoms with Crippen molar-refractivity contribution in [3.63, 3.8) is 0 Å². The minimum atomic E-state index is -2.22. The maximum absolute atomic E-state index is 14.5. The summed E-state index contributed by atoms with van der Waals surface area (Å²) in [6, 6.07) is 11.1. The number of methoxy groups -OCH3 is 2. The second-order valence-electron chi connectivity index (χ2n) is 8.78. The maximum Gasteiger partial charge on any atom is 0.304 e. The van der Waals surface area contributed by atoms with E-state index in [1.165, 1.54) is 6.33 Å². The van der Waals surface area contributed by atoms with Crippen molar-refractivity contribution in [1.29, 1.82) is 0 Å². The summed E-state index contributed by atoms with van der Waals surface area (Å²) in [7, 11) is 3.10. The fourth-order valence-electron chi connectivity index (χ4n) is 5.07. The fraction of sp³-hybridized carbons (Fsp3) is 0.231. The summed E-state index contributed by atoms with van der Waals surface area (Å²) in [6.07, 6.45) is 1.54. The molecule has 4 aromatic rings. The maximum atomic E-state index is 14.5. The van der Waals surface area contributed by atoms with Crippen molar-refractivity contribution >= 4 is 0 Å². The number of fused-ring (bicyclic) bond motifs is 5. The van der Waals surface area contributed by atoms with Crippen LogP contribution in [0.4, 0.5) is 22.0 Å². The van der Waals surface area contributed by atoms with E-state index in [2.05, 4.69) is 5.10 Å². The average molecular weight is 516 g/mol.